The summed E-state index contributed by atoms with van der Waals surface area (Å²) in [6, 6.07) is 0. The van der Waals surface area contributed by atoms with Crippen LogP contribution in [0.4, 0.5) is 0 Å². The van der Waals surface area contributed by atoms with Gasteiger partial charge in [0.2, 0.25) is 0 Å². The zero-order valence-electron chi connectivity index (χ0n) is 12.9. The van der Waals surface area contributed by atoms with Crippen molar-refractivity contribution in [3.8, 4) is 0 Å². The standard InChI is InChI=1S/C13H24O11/c1-13(11(21)9(19)7(17)5(3-15)23-13)24-12-10(20)8(18)6(16)4(2-14)22-12/h4-12,14-21H,2-3H2,1H3/t4-,5-,6-,7-,8+,9+,10-,11-,12?,13?/m1/s1. The number of hydrogen-bond acceptors (Lipinski definition) is 11. The highest BCUT2D eigenvalue weighted by Crippen LogP contribution is 2.34. The molecule has 24 heavy (non-hydrogen) atoms. The maximum atomic E-state index is 10.1. The lowest BCUT2D eigenvalue weighted by Gasteiger charge is -2.49. The molecule has 2 aliphatic rings. The molecule has 2 saturated heterocycles. The Balaban J connectivity index is 2.18. The van der Waals surface area contributed by atoms with Gasteiger partial charge in [-0.2, -0.15) is 0 Å². The fourth-order valence-electron chi connectivity index (χ4n) is 2.79. The van der Waals surface area contributed by atoms with E-state index in [0.717, 1.165) is 0 Å². The van der Waals surface area contributed by atoms with Gasteiger partial charge < -0.3 is 55.1 Å². The molecule has 0 radical (unpaired) electrons. The van der Waals surface area contributed by atoms with Crippen LogP contribution in [0.15, 0.2) is 0 Å². The Morgan fingerprint density at radius 2 is 1.33 bits per heavy atom. The van der Waals surface area contributed by atoms with Gasteiger partial charge in [-0.25, -0.2) is 0 Å². The van der Waals surface area contributed by atoms with Gasteiger partial charge in [0, 0.05) is 0 Å². The van der Waals surface area contributed by atoms with Crippen molar-refractivity contribution in [1.82, 2.24) is 0 Å². The first-order valence-electron chi connectivity index (χ1n) is 7.47. The minimum atomic E-state index is -2.01. The molecule has 0 aromatic rings. The van der Waals surface area contributed by atoms with E-state index in [2.05, 4.69) is 0 Å². The smallest absolute Gasteiger partial charge is 0.197 e. The quantitative estimate of drug-likeness (QED) is 0.241. The summed E-state index contributed by atoms with van der Waals surface area (Å²) < 4.78 is 15.8. The van der Waals surface area contributed by atoms with Crippen LogP contribution in [0, 0.1) is 0 Å². The van der Waals surface area contributed by atoms with E-state index in [1.165, 1.54) is 6.92 Å². The van der Waals surface area contributed by atoms with Crippen molar-refractivity contribution < 1.29 is 55.1 Å². The Morgan fingerprint density at radius 1 is 0.792 bits per heavy atom. The molecular weight excluding hydrogens is 332 g/mol. The van der Waals surface area contributed by atoms with Crippen LogP contribution in [0.5, 0.6) is 0 Å². The minimum Gasteiger partial charge on any atom is -0.394 e. The van der Waals surface area contributed by atoms with E-state index in [1.54, 1.807) is 0 Å². The van der Waals surface area contributed by atoms with Gasteiger partial charge in [-0.1, -0.05) is 0 Å². The second-order valence-electron chi connectivity index (χ2n) is 6.10. The third kappa shape index (κ3) is 3.43. The predicted octanol–water partition coefficient (Wildman–Crippen LogP) is -5.01. The number of aliphatic hydroxyl groups is 8. The molecule has 2 aliphatic heterocycles. The van der Waals surface area contributed by atoms with Crippen molar-refractivity contribution in [2.75, 3.05) is 13.2 Å². The summed E-state index contributed by atoms with van der Waals surface area (Å²) in [5, 5.41) is 77.4. The summed E-state index contributed by atoms with van der Waals surface area (Å²) in [4.78, 5) is 0. The molecule has 0 aromatic heterocycles. The first kappa shape index (κ1) is 19.9. The van der Waals surface area contributed by atoms with Crippen LogP contribution in [0.3, 0.4) is 0 Å². The van der Waals surface area contributed by atoms with Crippen LogP contribution in [0.2, 0.25) is 0 Å². The average molecular weight is 356 g/mol. The normalized spacial score (nSPS) is 53.1. The Kier molecular flexibility index (Phi) is 6.16. The molecule has 8 N–H and O–H groups in total. The van der Waals surface area contributed by atoms with E-state index in [9.17, 15) is 35.7 Å². The van der Waals surface area contributed by atoms with E-state index in [1.807, 2.05) is 0 Å². The number of aliphatic hydroxyl groups excluding tert-OH is 8. The Hall–Kier alpha value is -0.440. The van der Waals surface area contributed by atoms with Gasteiger partial charge in [-0.3, -0.25) is 0 Å². The maximum Gasteiger partial charge on any atom is 0.197 e. The molecule has 0 spiro atoms. The van der Waals surface area contributed by atoms with Crippen LogP contribution < -0.4 is 0 Å². The van der Waals surface area contributed by atoms with Gasteiger partial charge in [0.25, 0.3) is 0 Å². The third-order valence-electron chi connectivity index (χ3n) is 4.36. The van der Waals surface area contributed by atoms with Gasteiger partial charge in [0.1, 0.15) is 48.8 Å². The SMILES string of the molecule is CC1(OC2O[C@H](CO)[C@@H](O)[C@H](O)[C@H]2O)O[C@H](CO)[C@@H](O)[C@H](O)[C@H]1O. The van der Waals surface area contributed by atoms with Crippen LogP contribution in [-0.2, 0) is 14.2 Å². The van der Waals surface area contributed by atoms with Crippen molar-refractivity contribution >= 4 is 0 Å². The summed E-state index contributed by atoms with van der Waals surface area (Å²) in [6.07, 6.45) is -14.2. The fourth-order valence-corrected chi connectivity index (χ4v) is 2.79. The van der Waals surface area contributed by atoms with Crippen molar-refractivity contribution in [3.05, 3.63) is 0 Å². The Bertz CT molecular complexity index is 419. The van der Waals surface area contributed by atoms with Crippen LogP contribution in [-0.4, -0.2) is 115 Å². The topological polar surface area (TPSA) is 190 Å². The van der Waals surface area contributed by atoms with Gasteiger partial charge in [0.15, 0.2) is 12.1 Å². The molecule has 0 amide bonds. The van der Waals surface area contributed by atoms with Crippen molar-refractivity contribution in [1.29, 1.82) is 0 Å². The molecule has 0 bridgehead atoms. The Labute approximate surface area is 137 Å². The molecule has 0 aromatic carbocycles. The number of rotatable bonds is 4. The molecule has 2 fully saturated rings. The number of ether oxygens (including phenoxy) is 3. The lowest BCUT2D eigenvalue weighted by Crippen LogP contribution is -2.68. The molecule has 2 unspecified atom stereocenters. The van der Waals surface area contributed by atoms with Crippen LogP contribution >= 0.6 is 0 Å². The predicted molar refractivity (Wildman–Crippen MR) is 73.2 cm³/mol. The zero-order valence-corrected chi connectivity index (χ0v) is 12.9. The summed E-state index contributed by atoms with van der Waals surface area (Å²) in [5.74, 6) is -2.01. The highest BCUT2D eigenvalue weighted by molar-refractivity contribution is 4.96. The second kappa shape index (κ2) is 7.43. The monoisotopic (exact) mass is 356 g/mol. The third-order valence-corrected chi connectivity index (χ3v) is 4.36. The van der Waals surface area contributed by atoms with Gasteiger partial charge >= 0.3 is 0 Å². The highest BCUT2D eigenvalue weighted by Gasteiger charge is 2.55. The molecule has 11 heteroatoms. The van der Waals surface area contributed by atoms with E-state index < -0.39 is 74.1 Å². The second-order valence-corrected chi connectivity index (χ2v) is 6.10. The van der Waals surface area contributed by atoms with Gasteiger partial charge in [-0.15, -0.1) is 0 Å². The molecule has 0 saturated carbocycles. The molecule has 11 nitrogen and oxygen atoms in total. The van der Waals surface area contributed by atoms with Crippen molar-refractivity contribution in [3.63, 3.8) is 0 Å². The molecule has 142 valence electrons. The Morgan fingerprint density at radius 3 is 1.88 bits per heavy atom. The average Bonchev–Trinajstić information content (AvgIpc) is 2.57. The summed E-state index contributed by atoms with van der Waals surface area (Å²) in [6.45, 7) is -0.180. The molecule has 2 rings (SSSR count). The van der Waals surface area contributed by atoms with Crippen LogP contribution in [0.1, 0.15) is 6.92 Å². The summed E-state index contributed by atoms with van der Waals surface area (Å²) in [7, 11) is 0. The zero-order chi connectivity index (χ0) is 18.2. The first-order valence-corrected chi connectivity index (χ1v) is 7.47. The van der Waals surface area contributed by atoms with E-state index in [0.29, 0.717) is 0 Å². The molecule has 0 aliphatic carbocycles. The lowest BCUT2D eigenvalue weighted by atomic mass is 9.93. The first-order chi connectivity index (χ1) is 11.2. The lowest BCUT2D eigenvalue weighted by molar-refractivity contribution is -0.416. The largest absolute Gasteiger partial charge is 0.394 e. The fraction of sp³-hybridized carbons (Fsp3) is 1.00. The molecule has 2 heterocycles. The molecule has 10 atom stereocenters. The summed E-state index contributed by atoms with van der Waals surface area (Å²) >= 11 is 0. The van der Waals surface area contributed by atoms with E-state index >= 15 is 0 Å². The van der Waals surface area contributed by atoms with E-state index in [4.69, 9.17) is 19.3 Å². The minimum absolute atomic E-state index is 0.675. The van der Waals surface area contributed by atoms with Crippen molar-refractivity contribution in [2.45, 2.75) is 67.8 Å². The number of hydrogen-bond donors (Lipinski definition) is 8. The summed E-state index contributed by atoms with van der Waals surface area (Å²) in [5.41, 5.74) is 0. The van der Waals surface area contributed by atoms with E-state index in [-0.39, 0.29) is 0 Å². The van der Waals surface area contributed by atoms with Crippen LogP contribution in [0.25, 0.3) is 0 Å². The van der Waals surface area contributed by atoms with Crippen molar-refractivity contribution in [2.24, 2.45) is 0 Å². The van der Waals surface area contributed by atoms with Gasteiger partial charge in [0.05, 0.1) is 13.2 Å². The molecular formula is C13H24O11. The highest BCUT2D eigenvalue weighted by atomic mass is 16.8. The maximum absolute atomic E-state index is 10.1. The van der Waals surface area contributed by atoms with Gasteiger partial charge in [-0.05, 0) is 6.92 Å².